The lowest BCUT2D eigenvalue weighted by atomic mass is 10.0. The van der Waals surface area contributed by atoms with Gasteiger partial charge in [0.15, 0.2) is 5.78 Å². The number of Topliss-reactive ketones (excluding diaryl/α,β-unsaturated/α-hetero) is 2. The molecule has 196 valence electrons. The number of hydrogen-bond acceptors (Lipinski definition) is 6. The number of ketones is 2. The van der Waals surface area contributed by atoms with Gasteiger partial charge in [-0.05, 0) is 43.5 Å². The molecule has 4 rings (SSSR count). The summed E-state index contributed by atoms with van der Waals surface area (Å²) >= 11 is 0. The van der Waals surface area contributed by atoms with Crippen LogP contribution in [0.5, 0.6) is 5.75 Å². The SMILES string of the molecule is CC(=O)CCC(C(C)=O)N1Cc2c(OCc3ccc(CN4CCN(C(C)=O)CC4)cc3)cccc2C1=O. The van der Waals surface area contributed by atoms with Crippen molar-refractivity contribution in [3.63, 3.8) is 0 Å². The third-order valence-electron chi connectivity index (χ3n) is 7.21. The van der Waals surface area contributed by atoms with Crippen LogP contribution in [-0.2, 0) is 34.1 Å². The second kappa shape index (κ2) is 11.7. The van der Waals surface area contributed by atoms with Crippen LogP contribution in [-0.4, -0.2) is 70.3 Å². The average Bonchev–Trinajstić information content (AvgIpc) is 3.20. The van der Waals surface area contributed by atoms with Crippen molar-refractivity contribution >= 4 is 23.4 Å². The zero-order valence-corrected chi connectivity index (χ0v) is 21.9. The normalized spacial score (nSPS) is 16.5. The highest BCUT2D eigenvalue weighted by molar-refractivity contribution is 6.01. The van der Waals surface area contributed by atoms with Crippen molar-refractivity contribution in [2.45, 2.75) is 59.4 Å². The Hall–Kier alpha value is -3.52. The Bertz CT molecular complexity index is 1170. The molecule has 37 heavy (non-hydrogen) atoms. The molecule has 1 atom stereocenters. The summed E-state index contributed by atoms with van der Waals surface area (Å²) in [6.45, 7) is 9.37. The summed E-state index contributed by atoms with van der Waals surface area (Å²) in [7, 11) is 0. The van der Waals surface area contributed by atoms with E-state index in [1.54, 1.807) is 24.0 Å². The summed E-state index contributed by atoms with van der Waals surface area (Å²) in [5.74, 6) is 0.454. The summed E-state index contributed by atoms with van der Waals surface area (Å²) in [6.07, 6.45) is 0.595. The van der Waals surface area contributed by atoms with Crippen LogP contribution < -0.4 is 4.74 Å². The van der Waals surface area contributed by atoms with Crippen molar-refractivity contribution < 1.29 is 23.9 Å². The highest BCUT2D eigenvalue weighted by Crippen LogP contribution is 2.33. The third kappa shape index (κ3) is 6.43. The minimum atomic E-state index is -0.616. The Morgan fingerprint density at radius 2 is 1.59 bits per heavy atom. The van der Waals surface area contributed by atoms with Crippen LogP contribution in [0.1, 0.15) is 60.7 Å². The van der Waals surface area contributed by atoms with Crippen LogP contribution in [0.4, 0.5) is 0 Å². The van der Waals surface area contributed by atoms with E-state index in [0.29, 0.717) is 30.9 Å². The Balaban J connectivity index is 1.36. The van der Waals surface area contributed by atoms with Crippen LogP contribution in [0.2, 0.25) is 0 Å². The number of rotatable bonds is 10. The minimum absolute atomic E-state index is 0.000932. The number of ether oxygens (including phenoxy) is 1. The van der Waals surface area contributed by atoms with E-state index in [2.05, 4.69) is 29.2 Å². The van der Waals surface area contributed by atoms with Gasteiger partial charge >= 0.3 is 0 Å². The van der Waals surface area contributed by atoms with Gasteiger partial charge in [-0.3, -0.25) is 19.3 Å². The first-order valence-corrected chi connectivity index (χ1v) is 12.8. The minimum Gasteiger partial charge on any atom is -0.489 e. The first-order chi connectivity index (χ1) is 17.7. The molecule has 0 aliphatic carbocycles. The quantitative estimate of drug-likeness (QED) is 0.493. The van der Waals surface area contributed by atoms with Crippen LogP contribution in [0.25, 0.3) is 0 Å². The van der Waals surface area contributed by atoms with Gasteiger partial charge in [0.25, 0.3) is 5.91 Å². The number of carbonyl (C=O) groups excluding carboxylic acids is 4. The number of fused-ring (bicyclic) bond motifs is 1. The standard InChI is InChI=1S/C29H35N3O5/c1-20(33)7-12-27(21(2)34)32-18-26-25(29(32)36)5-4-6-28(26)37-19-24-10-8-23(9-11-24)17-30-13-15-31(16-14-30)22(3)35/h4-6,8-11,27H,7,12-19H2,1-3H3. The fourth-order valence-electron chi connectivity index (χ4n) is 5.01. The number of nitrogens with zero attached hydrogens (tertiary/aromatic N) is 3. The molecule has 8 heteroatoms. The van der Waals surface area contributed by atoms with E-state index in [-0.39, 0.29) is 29.8 Å². The van der Waals surface area contributed by atoms with Gasteiger partial charge < -0.3 is 19.3 Å². The van der Waals surface area contributed by atoms with Crippen LogP contribution >= 0.6 is 0 Å². The molecule has 2 aliphatic heterocycles. The molecule has 1 unspecified atom stereocenters. The van der Waals surface area contributed by atoms with Gasteiger partial charge in [-0.1, -0.05) is 30.3 Å². The van der Waals surface area contributed by atoms with Gasteiger partial charge in [0, 0.05) is 57.2 Å². The van der Waals surface area contributed by atoms with Crippen molar-refractivity contribution in [3.05, 3.63) is 64.7 Å². The molecule has 0 bridgehead atoms. The van der Waals surface area contributed by atoms with E-state index in [9.17, 15) is 19.2 Å². The number of amides is 2. The maximum atomic E-state index is 13.1. The largest absolute Gasteiger partial charge is 0.489 e. The van der Waals surface area contributed by atoms with Crippen LogP contribution in [0.15, 0.2) is 42.5 Å². The average molecular weight is 506 g/mol. The second-order valence-corrected chi connectivity index (χ2v) is 9.97. The van der Waals surface area contributed by atoms with E-state index in [4.69, 9.17) is 4.74 Å². The molecule has 1 saturated heterocycles. The maximum absolute atomic E-state index is 13.1. The predicted molar refractivity (Wildman–Crippen MR) is 139 cm³/mol. The van der Waals surface area contributed by atoms with E-state index in [0.717, 1.165) is 43.9 Å². The van der Waals surface area contributed by atoms with Crippen LogP contribution in [0.3, 0.4) is 0 Å². The second-order valence-electron chi connectivity index (χ2n) is 9.97. The lowest BCUT2D eigenvalue weighted by Gasteiger charge is -2.34. The molecule has 0 spiro atoms. The Kier molecular flexibility index (Phi) is 8.38. The number of piperazine rings is 1. The highest BCUT2D eigenvalue weighted by atomic mass is 16.5. The van der Waals surface area contributed by atoms with Crippen molar-refractivity contribution in [1.29, 1.82) is 0 Å². The Morgan fingerprint density at radius 3 is 2.22 bits per heavy atom. The van der Waals surface area contributed by atoms with Gasteiger partial charge in [-0.15, -0.1) is 0 Å². The molecule has 2 heterocycles. The lowest BCUT2D eigenvalue weighted by molar-refractivity contribution is -0.130. The van der Waals surface area contributed by atoms with Crippen molar-refractivity contribution in [2.75, 3.05) is 26.2 Å². The van der Waals surface area contributed by atoms with Gasteiger partial charge in [0.1, 0.15) is 18.1 Å². The topological polar surface area (TPSA) is 87.2 Å². The molecule has 0 aromatic heterocycles. The van der Waals surface area contributed by atoms with Crippen LogP contribution in [0, 0.1) is 0 Å². The van der Waals surface area contributed by atoms with Crippen molar-refractivity contribution in [3.8, 4) is 5.75 Å². The summed E-state index contributed by atoms with van der Waals surface area (Å²) < 4.78 is 6.13. The molecule has 2 aromatic rings. The van der Waals surface area contributed by atoms with E-state index >= 15 is 0 Å². The van der Waals surface area contributed by atoms with E-state index in [1.807, 2.05) is 11.0 Å². The first kappa shape index (κ1) is 26.5. The van der Waals surface area contributed by atoms with Crippen molar-refractivity contribution in [2.24, 2.45) is 0 Å². The lowest BCUT2D eigenvalue weighted by Crippen LogP contribution is -2.47. The molecule has 8 nitrogen and oxygen atoms in total. The fraction of sp³-hybridized carbons (Fsp3) is 0.448. The monoisotopic (exact) mass is 505 g/mol. The summed E-state index contributed by atoms with van der Waals surface area (Å²) in [6, 6.07) is 13.1. The summed E-state index contributed by atoms with van der Waals surface area (Å²) in [5.41, 5.74) is 3.56. The Morgan fingerprint density at radius 1 is 0.919 bits per heavy atom. The maximum Gasteiger partial charge on any atom is 0.255 e. The fourth-order valence-corrected chi connectivity index (χ4v) is 5.01. The number of carbonyl (C=O) groups is 4. The molecule has 0 radical (unpaired) electrons. The smallest absolute Gasteiger partial charge is 0.255 e. The number of hydrogen-bond donors (Lipinski definition) is 0. The van der Waals surface area contributed by atoms with Crippen molar-refractivity contribution in [1.82, 2.24) is 14.7 Å². The molecule has 0 saturated carbocycles. The van der Waals surface area contributed by atoms with Gasteiger partial charge in [-0.2, -0.15) is 0 Å². The number of benzene rings is 2. The zero-order chi connectivity index (χ0) is 26.5. The van der Waals surface area contributed by atoms with Gasteiger partial charge in [-0.25, -0.2) is 0 Å². The molecule has 2 amide bonds. The Labute approximate surface area is 218 Å². The predicted octanol–water partition coefficient (Wildman–Crippen LogP) is 3.21. The third-order valence-corrected chi connectivity index (χ3v) is 7.21. The first-order valence-electron chi connectivity index (χ1n) is 12.8. The molecule has 1 fully saturated rings. The summed E-state index contributed by atoms with van der Waals surface area (Å²) in [4.78, 5) is 54.1. The van der Waals surface area contributed by atoms with E-state index in [1.165, 1.54) is 19.4 Å². The van der Waals surface area contributed by atoms with Gasteiger partial charge in [0.05, 0.1) is 12.6 Å². The van der Waals surface area contributed by atoms with E-state index < -0.39 is 6.04 Å². The molecule has 0 N–H and O–H groups in total. The molecule has 2 aromatic carbocycles. The summed E-state index contributed by atoms with van der Waals surface area (Å²) in [5, 5.41) is 0. The highest BCUT2D eigenvalue weighted by Gasteiger charge is 2.36. The molecular weight excluding hydrogens is 470 g/mol. The van der Waals surface area contributed by atoms with Gasteiger partial charge in [0.2, 0.25) is 5.91 Å². The molecule has 2 aliphatic rings. The zero-order valence-electron chi connectivity index (χ0n) is 21.9. The molecular formula is C29H35N3O5.